The predicted molar refractivity (Wildman–Crippen MR) is 128 cm³/mol. The lowest BCUT2D eigenvalue weighted by Crippen LogP contribution is -2.37. The van der Waals surface area contributed by atoms with Gasteiger partial charge in [-0.1, -0.05) is 29.8 Å². The fourth-order valence-electron chi connectivity index (χ4n) is 3.83. The molecule has 0 saturated carbocycles. The Balaban J connectivity index is 1.22. The molecule has 0 aliphatic carbocycles. The number of nitrogens with zero attached hydrogens (tertiary/aromatic N) is 2. The minimum Gasteiger partial charge on any atom is -0.354 e. The number of benzene rings is 2. The molecule has 0 spiro atoms. The standard InChI is InChI=1S/C25H22FN3O5S/c1-15-8-9-17-18(13-15)23(32)28(22(17)31)11-4-7-21(30)27-10-12-29-24(33)20(35-25(29)34)14-16-5-2-3-6-19(16)26/h2-3,5-6,8-9,13-14H,4,7,10-12H2,1H3,(H,27,30)/b20-14-. The minimum absolute atomic E-state index is 0.0250. The zero-order chi connectivity index (χ0) is 25.1. The van der Waals surface area contributed by atoms with Crippen molar-refractivity contribution in [1.82, 2.24) is 15.1 Å². The van der Waals surface area contributed by atoms with Crippen LogP contribution in [0.15, 0.2) is 47.4 Å². The molecule has 0 aromatic heterocycles. The highest BCUT2D eigenvalue weighted by Crippen LogP contribution is 2.32. The zero-order valence-electron chi connectivity index (χ0n) is 18.9. The molecule has 2 aromatic carbocycles. The molecule has 2 aliphatic rings. The lowest BCUT2D eigenvalue weighted by molar-refractivity contribution is -0.124. The van der Waals surface area contributed by atoms with Crippen molar-refractivity contribution in [2.75, 3.05) is 19.6 Å². The van der Waals surface area contributed by atoms with Crippen LogP contribution in [0.5, 0.6) is 0 Å². The van der Waals surface area contributed by atoms with E-state index >= 15 is 0 Å². The van der Waals surface area contributed by atoms with Crippen molar-refractivity contribution in [1.29, 1.82) is 0 Å². The molecule has 1 fully saturated rings. The van der Waals surface area contributed by atoms with E-state index in [1.54, 1.807) is 24.3 Å². The fraction of sp³-hybridized carbons (Fsp3) is 0.240. The lowest BCUT2D eigenvalue weighted by atomic mass is 10.1. The van der Waals surface area contributed by atoms with Gasteiger partial charge in [0.15, 0.2) is 0 Å². The third-order valence-corrected chi connectivity index (χ3v) is 6.54. The Morgan fingerprint density at radius 3 is 2.49 bits per heavy atom. The number of nitrogens with one attached hydrogen (secondary N) is 1. The predicted octanol–water partition coefficient (Wildman–Crippen LogP) is 3.36. The van der Waals surface area contributed by atoms with Crippen molar-refractivity contribution in [3.63, 3.8) is 0 Å². The summed E-state index contributed by atoms with van der Waals surface area (Å²) in [6, 6.07) is 11.0. The number of halogens is 1. The van der Waals surface area contributed by atoms with Gasteiger partial charge < -0.3 is 5.32 Å². The van der Waals surface area contributed by atoms with Gasteiger partial charge in [-0.05, 0) is 49.4 Å². The van der Waals surface area contributed by atoms with Crippen LogP contribution in [0.25, 0.3) is 6.08 Å². The van der Waals surface area contributed by atoms with Crippen LogP contribution >= 0.6 is 11.8 Å². The van der Waals surface area contributed by atoms with E-state index in [0.717, 1.165) is 27.1 Å². The number of fused-ring (bicyclic) bond motifs is 1. The number of thioether (sulfide) groups is 1. The second kappa shape index (κ2) is 10.2. The maximum Gasteiger partial charge on any atom is 0.293 e. The molecule has 4 rings (SSSR count). The first kappa shape index (κ1) is 24.3. The third-order valence-electron chi connectivity index (χ3n) is 5.63. The first-order valence-corrected chi connectivity index (χ1v) is 11.8. The van der Waals surface area contributed by atoms with Gasteiger partial charge in [-0.25, -0.2) is 4.39 Å². The number of rotatable bonds is 8. The van der Waals surface area contributed by atoms with Crippen LogP contribution in [-0.4, -0.2) is 58.3 Å². The third kappa shape index (κ3) is 5.17. The highest BCUT2D eigenvalue weighted by Gasteiger charge is 2.36. The molecule has 8 nitrogen and oxygen atoms in total. The Labute approximate surface area is 205 Å². The monoisotopic (exact) mass is 495 g/mol. The summed E-state index contributed by atoms with van der Waals surface area (Å²) in [5.41, 5.74) is 1.83. The van der Waals surface area contributed by atoms with Crippen LogP contribution in [0.2, 0.25) is 0 Å². The average Bonchev–Trinajstić information content (AvgIpc) is 3.22. The summed E-state index contributed by atoms with van der Waals surface area (Å²) in [7, 11) is 0. The average molecular weight is 496 g/mol. The molecule has 1 N–H and O–H groups in total. The van der Waals surface area contributed by atoms with Crippen molar-refractivity contribution in [3.05, 3.63) is 75.4 Å². The van der Waals surface area contributed by atoms with E-state index in [0.29, 0.717) is 11.1 Å². The Morgan fingerprint density at radius 1 is 0.971 bits per heavy atom. The summed E-state index contributed by atoms with van der Waals surface area (Å²) in [4.78, 5) is 64.1. The summed E-state index contributed by atoms with van der Waals surface area (Å²) >= 11 is 0.718. The molecule has 180 valence electrons. The fourth-order valence-corrected chi connectivity index (χ4v) is 4.68. The Kier molecular flexibility index (Phi) is 7.11. The maximum absolute atomic E-state index is 13.8. The van der Waals surface area contributed by atoms with Gasteiger partial charge in [-0.3, -0.25) is 33.8 Å². The van der Waals surface area contributed by atoms with E-state index in [4.69, 9.17) is 0 Å². The molecule has 5 amide bonds. The maximum atomic E-state index is 13.8. The molecule has 10 heteroatoms. The highest BCUT2D eigenvalue weighted by molar-refractivity contribution is 8.18. The van der Waals surface area contributed by atoms with Crippen LogP contribution in [0.4, 0.5) is 9.18 Å². The highest BCUT2D eigenvalue weighted by atomic mass is 32.2. The number of amides is 5. The summed E-state index contributed by atoms with van der Waals surface area (Å²) in [6.07, 6.45) is 1.68. The number of aryl methyl sites for hydroxylation is 1. The van der Waals surface area contributed by atoms with Crippen molar-refractivity contribution in [2.45, 2.75) is 19.8 Å². The molecular weight excluding hydrogens is 473 g/mol. The van der Waals surface area contributed by atoms with Crippen LogP contribution in [0, 0.1) is 12.7 Å². The molecule has 0 radical (unpaired) electrons. The van der Waals surface area contributed by atoms with Crippen molar-refractivity contribution in [3.8, 4) is 0 Å². The minimum atomic E-state index is -0.543. The Bertz CT molecular complexity index is 1280. The second-order valence-electron chi connectivity index (χ2n) is 8.12. The van der Waals surface area contributed by atoms with E-state index < -0.39 is 17.0 Å². The molecule has 0 unspecified atom stereocenters. The van der Waals surface area contributed by atoms with Crippen molar-refractivity contribution >= 4 is 46.7 Å². The van der Waals surface area contributed by atoms with Gasteiger partial charge in [0.25, 0.3) is 23.0 Å². The quantitative estimate of drug-likeness (QED) is 0.445. The summed E-state index contributed by atoms with van der Waals surface area (Å²) in [5.74, 6) is -2.10. The van der Waals surface area contributed by atoms with Gasteiger partial charge in [-0.2, -0.15) is 0 Å². The topological polar surface area (TPSA) is 104 Å². The number of hydrogen-bond donors (Lipinski definition) is 1. The summed E-state index contributed by atoms with van der Waals surface area (Å²) in [6.45, 7) is 1.98. The molecule has 35 heavy (non-hydrogen) atoms. The number of carbonyl (C=O) groups is 5. The van der Waals surface area contributed by atoms with Gasteiger partial charge in [0.1, 0.15) is 5.82 Å². The summed E-state index contributed by atoms with van der Waals surface area (Å²) in [5, 5.41) is 2.14. The van der Waals surface area contributed by atoms with Crippen molar-refractivity contribution in [2.24, 2.45) is 0 Å². The van der Waals surface area contributed by atoms with Gasteiger partial charge in [0, 0.05) is 31.6 Å². The van der Waals surface area contributed by atoms with E-state index in [2.05, 4.69) is 5.32 Å². The summed E-state index contributed by atoms with van der Waals surface area (Å²) < 4.78 is 13.8. The normalized spacial score (nSPS) is 16.5. The number of carbonyl (C=O) groups excluding carboxylic acids is 5. The molecule has 2 aliphatic heterocycles. The van der Waals surface area contributed by atoms with Crippen molar-refractivity contribution < 1.29 is 28.4 Å². The SMILES string of the molecule is Cc1ccc2c(c1)C(=O)N(CCCC(=O)NCCN1C(=O)S/C(=C\c3ccccc3F)C1=O)C2=O. The molecular formula is C25H22FN3O5S. The second-order valence-corrected chi connectivity index (χ2v) is 9.11. The Hall–Kier alpha value is -3.79. The zero-order valence-corrected chi connectivity index (χ0v) is 19.7. The van der Waals surface area contributed by atoms with Crippen LogP contribution in [0.3, 0.4) is 0 Å². The van der Waals surface area contributed by atoms with E-state index in [-0.39, 0.29) is 60.7 Å². The van der Waals surface area contributed by atoms with Gasteiger partial charge in [0.05, 0.1) is 16.0 Å². The first-order valence-electron chi connectivity index (χ1n) is 11.0. The lowest BCUT2D eigenvalue weighted by Gasteiger charge is -2.14. The van der Waals surface area contributed by atoms with Gasteiger partial charge in [-0.15, -0.1) is 0 Å². The number of imide groups is 2. The van der Waals surface area contributed by atoms with Gasteiger partial charge >= 0.3 is 0 Å². The van der Waals surface area contributed by atoms with E-state index in [1.807, 2.05) is 6.92 Å². The molecule has 0 bridgehead atoms. The smallest absolute Gasteiger partial charge is 0.293 e. The molecule has 2 aromatic rings. The van der Waals surface area contributed by atoms with E-state index in [9.17, 15) is 28.4 Å². The molecule has 0 atom stereocenters. The van der Waals surface area contributed by atoms with Crippen LogP contribution in [0.1, 0.15) is 44.7 Å². The van der Waals surface area contributed by atoms with Gasteiger partial charge in [0.2, 0.25) is 5.91 Å². The van der Waals surface area contributed by atoms with E-state index in [1.165, 1.54) is 24.3 Å². The van der Waals surface area contributed by atoms with Crippen LogP contribution < -0.4 is 5.32 Å². The Morgan fingerprint density at radius 2 is 1.71 bits per heavy atom. The number of hydrogen-bond acceptors (Lipinski definition) is 6. The largest absolute Gasteiger partial charge is 0.354 e. The van der Waals surface area contributed by atoms with Crippen LogP contribution in [-0.2, 0) is 9.59 Å². The first-order chi connectivity index (χ1) is 16.8. The molecule has 2 heterocycles. The molecule has 1 saturated heterocycles.